The van der Waals surface area contributed by atoms with Crippen molar-refractivity contribution in [2.75, 3.05) is 5.32 Å². The van der Waals surface area contributed by atoms with Gasteiger partial charge in [-0.2, -0.15) is 0 Å². The number of anilines is 1. The van der Waals surface area contributed by atoms with Gasteiger partial charge in [0, 0.05) is 11.6 Å². The Balaban J connectivity index is 1.71. The van der Waals surface area contributed by atoms with E-state index in [-0.39, 0.29) is 15.4 Å². The first-order valence-corrected chi connectivity index (χ1v) is 10.0. The quantitative estimate of drug-likeness (QED) is 0.632. The number of nitrogens with one attached hydrogen (secondary N) is 2. The lowest BCUT2D eigenvalue weighted by molar-refractivity contribution is 0.102. The Labute approximate surface area is 155 Å². The van der Waals surface area contributed by atoms with Crippen molar-refractivity contribution < 1.29 is 13.2 Å². The first-order chi connectivity index (χ1) is 12.5. The molecule has 1 aromatic heterocycles. The number of benzene rings is 2. The molecule has 0 saturated heterocycles. The largest absolute Gasteiger partial charge is 0.296 e. The van der Waals surface area contributed by atoms with Crippen molar-refractivity contribution in [2.24, 2.45) is 0 Å². The van der Waals surface area contributed by atoms with E-state index in [1.807, 2.05) is 30.3 Å². The second kappa shape index (κ2) is 7.73. The minimum absolute atomic E-state index is 0.117. The molecule has 2 aromatic carbocycles. The highest BCUT2D eigenvalue weighted by molar-refractivity contribution is 7.91. The molecule has 1 amide bonds. The van der Waals surface area contributed by atoms with Crippen LogP contribution < -0.4 is 10.0 Å². The average molecular weight is 388 g/mol. The van der Waals surface area contributed by atoms with Crippen molar-refractivity contribution in [1.82, 2.24) is 14.9 Å². The van der Waals surface area contributed by atoms with Crippen LogP contribution in [0.1, 0.15) is 28.9 Å². The van der Waals surface area contributed by atoms with Crippen molar-refractivity contribution in [3.05, 3.63) is 71.8 Å². The van der Waals surface area contributed by atoms with Crippen LogP contribution in [0.25, 0.3) is 0 Å². The van der Waals surface area contributed by atoms with E-state index in [1.165, 1.54) is 0 Å². The smallest absolute Gasteiger partial charge is 0.270 e. The second-order valence-electron chi connectivity index (χ2n) is 5.45. The SMILES string of the molecule is CC(NS(=O)(=O)c1nnc(NC(=O)c2ccccc2)s1)c1ccccc1. The Morgan fingerprint density at radius 3 is 2.27 bits per heavy atom. The van der Waals surface area contributed by atoms with Crippen LogP contribution in [-0.2, 0) is 10.0 Å². The number of rotatable bonds is 6. The van der Waals surface area contributed by atoms with Gasteiger partial charge in [-0.05, 0) is 24.6 Å². The summed E-state index contributed by atoms with van der Waals surface area (Å²) < 4.78 is 27.3. The normalized spacial score (nSPS) is 12.5. The van der Waals surface area contributed by atoms with Crippen molar-refractivity contribution in [2.45, 2.75) is 17.3 Å². The van der Waals surface area contributed by atoms with Gasteiger partial charge in [0.1, 0.15) is 0 Å². The number of sulfonamides is 1. The van der Waals surface area contributed by atoms with Crippen LogP contribution in [0.2, 0.25) is 0 Å². The van der Waals surface area contributed by atoms with Crippen molar-refractivity contribution in [3.8, 4) is 0 Å². The molecule has 3 rings (SSSR count). The van der Waals surface area contributed by atoms with Crippen LogP contribution >= 0.6 is 11.3 Å². The van der Waals surface area contributed by atoms with E-state index in [0.717, 1.165) is 16.9 Å². The minimum atomic E-state index is -3.84. The third-order valence-corrected chi connectivity index (χ3v) is 6.27. The highest BCUT2D eigenvalue weighted by Gasteiger charge is 2.23. The molecule has 0 aliphatic carbocycles. The van der Waals surface area contributed by atoms with E-state index in [2.05, 4.69) is 20.2 Å². The molecule has 2 N–H and O–H groups in total. The summed E-state index contributed by atoms with van der Waals surface area (Å²) in [6, 6.07) is 17.3. The van der Waals surface area contributed by atoms with Gasteiger partial charge in [-0.15, -0.1) is 10.2 Å². The summed E-state index contributed by atoms with van der Waals surface area (Å²) in [4.78, 5) is 12.1. The molecule has 134 valence electrons. The van der Waals surface area contributed by atoms with E-state index in [4.69, 9.17) is 0 Å². The third-order valence-electron chi connectivity index (χ3n) is 3.52. The molecule has 0 bridgehead atoms. The molecule has 0 radical (unpaired) electrons. The molecule has 1 heterocycles. The molecule has 9 heteroatoms. The Morgan fingerprint density at radius 1 is 1.00 bits per heavy atom. The van der Waals surface area contributed by atoms with Gasteiger partial charge in [0.2, 0.25) is 9.47 Å². The first kappa shape index (κ1) is 18.2. The fraction of sp³-hybridized carbons (Fsp3) is 0.118. The molecule has 26 heavy (non-hydrogen) atoms. The zero-order valence-corrected chi connectivity index (χ0v) is 15.4. The lowest BCUT2D eigenvalue weighted by Gasteiger charge is -2.12. The number of nitrogens with zero attached hydrogens (tertiary/aromatic N) is 2. The molecule has 0 saturated carbocycles. The fourth-order valence-corrected chi connectivity index (χ4v) is 4.36. The molecular formula is C17H16N4O3S2. The number of hydrogen-bond acceptors (Lipinski definition) is 6. The van der Waals surface area contributed by atoms with Crippen LogP contribution in [0.3, 0.4) is 0 Å². The van der Waals surface area contributed by atoms with Crippen LogP contribution in [0.15, 0.2) is 65.0 Å². The summed E-state index contributed by atoms with van der Waals surface area (Å²) >= 11 is 0.795. The average Bonchev–Trinajstić information content (AvgIpc) is 3.12. The Hall–Kier alpha value is -2.62. The maximum atomic E-state index is 12.5. The summed E-state index contributed by atoms with van der Waals surface area (Å²) in [7, 11) is -3.84. The highest BCUT2D eigenvalue weighted by Crippen LogP contribution is 2.22. The van der Waals surface area contributed by atoms with E-state index >= 15 is 0 Å². The van der Waals surface area contributed by atoms with Crippen molar-refractivity contribution in [3.63, 3.8) is 0 Å². The van der Waals surface area contributed by atoms with Crippen LogP contribution in [0.4, 0.5) is 5.13 Å². The number of carbonyl (C=O) groups excluding carboxylic acids is 1. The summed E-state index contributed by atoms with van der Waals surface area (Å²) in [5.41, 5.74) is 1.28. The van der Waals surface area contributed by atoms with E-state index in [9.17, 15) is 13.2 Å². The van der Waals surface area contributed by atoms with Gasteiger partial charge in [-0.3, -0.25) is 10.1 Å². The summed E-state index contributed by atoms with van der Waals surface area (Å²) in [5.74, 6) is -0.378. The van der Waals surface area contributed by atoms with Crippen molar-refractivity contribution in [1.29, 1.82) is 0 Å². The van der Waals surface area contributed by atoms with Crippen LogP contribution in [0, 0.1) is 0 Å². The maximum absolute atomic E-state index is 12.5. The highest BCUT2D eigenvalue weighted by atomic mass is 32.2. The van der Waals surface area contributed by atoms with Gasteiger partial charge in [0.15, 0.2) is 0 Å². The summed E-state index contributed by atoms with van der Waals surface area (Å²) in [6.45, 7) is 1.74. The zero-order valence-electron chi connectivity index (χ0n) is 13.8. The van der Waals surface area contributed by atoms with Crippen LogP contribution in [0.5, 0.6) is 0 Å². The molecule has 0 aliphatic heterocycles. The van der Waals surface area contributed by atoms with Crippen LogP contribution in [-0.4, -0.2) is 24.5 Å². The van der Waals surface area contributed by atoms with E-state index in [0.29, 0.717) is 5.56 Å². The van der Waals surface area contributed by atoms with Gasteiger partial charge in [-0.25, -0.2) is 13.1 Å². The lowest BCUT2D eigenvalue weighted by atomic mass is 10.1. The second-order valence-corrected chi connectivity index (χ2v) is 8.31. The number of hydrogen-bond donors (Lipinski definition) is 2. The van der Waals surface area contributed by atoms with E-state index in [1.54, 1.807) is 37.3 Å². The molecule has 0 spiro atoms. The van der Waals surface area contributed by atoms with Crippen molar-refractivity contribution >= 4 is 32.4 Å². The summed E-state index contributed by atoms with van der Waals surface area (Å²) in [5, 5.41) is 10.1. The maximum Gasteiger partial charge on any atom is 0.270 e. The van der Waals surface area contributed by atoms with Gasteiger partial charge >= 0.3 is 0 Å². The van der Waals surface area contributed by atoms with Gasteiger partial charge < -0.3 is 0 Å². The molecule has 1 atom stereocenters. The number of carbonyl (C=O) groups is 1. The zero-order chi connectivity index (χ0) is 18.6. The third kappa shape index (κ3) is 4.31. The van der Waals surface area contributed by atoms with Gasteiger partial charge in [0.25, 0.3) is 15.9 Å². The standard InChI is InChI=1S/C17H16N4O3S2/c1-12(13-8-4-2-5-9-13)21-26(23,24)17-20-19-16(25-17)18-15(22)14-10-6-3-7-11-14/h2-12,21H,1H3,(H,18,19,22). The predicted molar refractivity (Wildman–Crippen MR) is 99.5 cm³/mol. The fourth-order valence-electron chi connectivity index (χ4n) is 2.22. The predicted octanol–water partition coefficient (Wildman–Crippen LogP) is 2.83. The number of aromatic nitrogens is 2. The van der Waals surface area contributed by atoms with Gasteiger partial charge in [-0.1, -0.05) is 59.9 Å². The minimum Gasteiger partial charge on any atom is -0.296 e. The van der Waals surface area contributed by atoms with E-state index < -0.39 is 16.1 Å². The number of amides is 1. The Bertz CT molecular complexity index is 989. The molecule has 7 nitrogen and oxygen atoms in total. The first-order valence-electron chi connectivity index (χ1n) is 7.73. The van der Waals surface area contributed by atoms with Gasteiger partial charge in [0.05, 0.1) is 0 Å². The molecule has 0 aliphatic rings. The molecular weight excluding hydrogens is 372 g/mol. The summed E-state index contributed by atoms with van der Waals surface area (Å²) in [6.07, 6.45) is 0. The lowest BCUT2D eigenvalue weighted by Crippen LogP contribution is -2.26. The Morgan fingerprint density at radius 2 is 1.62 bits per heavy atom. The topological polar surface area (TPSA) is 101 Å². The molecule has 1 unspecified atom stereocenters. The monoisotopic (exact) mass is 388 g/mol. The molecule has 3 aromatic rings. The Kier molecular flexibility index (Phi) is 5.40. The molecule has 0 fully saturated rings.